The van der Waals surface area contributed by atoms with Gasteiger partial charge in [0, 0.05) is 5.39 Å². The van der Waals surface area contributed by atoms with Gasteiger partial charge in [-0.2, -0.15) is 10.4 Å². The minimum Gasteiger partial charge on any atom is -0.478 e. The molecule has 0 bridgehead atoms. The van der Waals surface area contributed by atoms with Gasteiger partial charge in [0.15, 0.2) is 0 Å². The first-order valence-electron chi connectivity index (χ1n) is 14.2. The minimum atomic E-state index is -1.00. The van der Waals surface area contributed by atoms with Crippen molar-refractivity contribution in [2.24, 2.45) is 0 Å². The van der Waals surface area contributed by atoms with Crippen molar-refractivity contribution >= 4 is 22.8 Å². The lowest BCUT2D eigenvalue weighted by molar-refractivity contribution is 0.0696. The molecule has 0 saturated heterocycles. The largest absolute Gasteiger partial charge is 0.478 e. The van der Waals surface area contributed by atoms with Gasteiger partial charge in [-0.15, -0.1) is 0 Å². The van der Waals surface area contributed by atoms with E-state index in [1.165, 1.54) is 12.1 Å². The number of nitrogens with one attached hydrogen (secondary N) is 1. The first kappa shape index (κ1) is 28.1. The number of carboxylic acids is 1. The summed E-state index contributed by atoms with van der Waals surface area (Å²) in [7, 11) is 0. The summed E-state index contributed by atoms with van der Waals surface area (Å²) in [5.74, 6) is -1.29. The van der Waals surface area contributed by atoms with Gasteiger partial charge in [0.1, 0.15) is 0 Å². The Morgan fingerprint density at radius 2 is 1.55 bits per heavy atom. The lowest BCUT2D eigenvalue weighted by atomic mass is 9.98. The molecule has 6 rings (SSSR count). The summed E-state index contributed by atoms with van der Waals surface area (Å²) in [5.41, 5.74) is 7.56. The maximum Gasteiger partial charge on any atom is 0.335 e. The van der Waals surface area contributed by atoms with Crippen LogP contribution in [-0.2, 0) is 6.54 Å². The molecule has 6 aromatic rings. The molecular formula is C37H28N4O3. The molecule has 1 atom stereocenters. The van der Waals surface area contributed by atoms with Crippen molar-refractivity contribution < 1.29 is 14.7 Å². The summed E-state index contributed by atoms with van der Waals surface area (Å²) in [6.45, 7) is 2.32. The monoisotopic (exact) mass is 576 g/mol. The molecule has 0 aliphatic heterocycles. The molecule has 214 valence electrons. The second-order valence-electron chi connectivity index (χ2n) is 10.6. The molecule has 2 N–H and O–H groups in total. The third-order valence-corrected chi connectivity index (χ3v) is 7.70. The zero-order valence-electron chi connectivity index (χ0n) is 23.9. The lowest BCUT2D eigenvalue weighted by Gasteiger charge is -2.17. The van der Waals surface area contributed by atoms with Crippen molar-refractivity contribution in [3.8, 4) is 28.3 Å². The Kier molecular flexibility index (Phi) is 7.73. The molecule has 0 radical (unpaired) electrons. The second-order valence-corrected chi connectivity index (χ2v) is 10.6. The predicted molar refractivity (Wildman–Crippen MR) is 170 cm³/mol. The van der Waals surface area contributed by atoms with E-state index >= 15 is 0 Å². The fraction of sp³-hybridized carbons (Fsp3) is 0.0811. The Labute approximate surface area is 254 Å². The van der Waals surface area contributed by atoms with E-state index in [9.17, 15) is 20.0 Å². The van der Waals surface area contributed by atoms with E-state index < -0.39 is 5.97 Å². The van der Waals surface area contributed by atoms with Crippen molar-refractivity contribution in [1.29, 1.82) is 5.26 Å². The Bertz CT molecular complexity index is 2020. The van der Waals surface area contributed by atoms with E-state index in [0.29, 0.717) is 23.2 Å². The molecular weight excluding hydrogens is 548 g/mol. The molecule has 44 heavy (non-hydrogen) atoms. The molecule has 0 aliphatic carbocycles. The number of rotatable bonds is 8. The molecule has 7 heteroatoms. The van der Waals surface area contributed by atoms with Crippen LogP contribution in [0.3, 0.4) is 0 Å². The third kappa shape index (κ3) is 5.83. The number of hydrogen-bond donors (Lipinski definition) is 2. The Balaban J connectivity index is 1.37. The fourth-order valence-electron chi connectivity index (χ4n) is 5.34. The number of carboxylic acid groups (broad SMARTS) is 1. The first-order chi connectivity index (χ1) is 21.4. The highest BCUT2D eigenvalue weighted by Crippen LogP contribution is 2.30. The number of hydrogen-bond acceptors (Lipinski definition) is 4. The summed E-state index contributed by atoms with van der Waals surface area (Å²) in [4.78, 5) is 25.2. The van der Waals surface area contributed by atoms with Crippen LogP contribution in [0.1, 0.15) is 50.4 Å². The number of aromatic carboxylic acids is 1. The lowest BCUT2D eigenvalue weighted by Crippen LogP contribution is -2.27. The Morgan fingerprint density at radius 1 is 0.841 bits per heavy atom. The summed E-state index contributed by atoms with van der Waals surface area (Å²) >= 11 is 0. The SMILES string of the molecule is C[C@H](NC(=O)c1cc(-c2cccc(C#N)c2)cc2cnn(Cc3ccc(-c4ccccc4)cc3)c12)c1ccc(C(=O)O)cc1. The standard InChI is InChI=1S/C37H28N4O3/c1-24(27-14-16-30(17-15-27)37(43)44)40-36(42)34-20-32(31-9-5-6-26(18-31)21-38)19-33-22-39-41(35(33)34)23-25-10-12-29(13-11-25)28-7-3-2-4-8-28/h2-20,22,24H,23H2,1H3,(H,40,42)(H,43,44)/t24-/m0/s1. The van der Waals surface area contributed by atoms with Crippen molar-refractivity contribution in [2.45, 2.75) is 19.5 Å². The summed E-state index contributed by atoms with van der Waals surface area (Å²) in [6.07, 6.45) is 1.76. The quantitative estimate of drug-likeness (QED) is 0.195. The molecule has 0 spiro atoms. The number of nitrogens with zero attached hydrogens (tertiary/aromatic N) is 3. The minimum absolute atomic E-state index is 0.182. The van der Waals surface area contributed by atoms with Crippen LogP contribution in [0.5, 0.6) is 0 Å². The number of fused-ring (bicyclic) bond motifs is 1. The fourth-order valence-corrected chi connectivity index (χ4v) is 5.34. The van der Waals surface area contributed by atoms with Gasteiger partial charge in [0.2, 0.25) is 0 Å². The Hall–Kier alpha value is -6.00. The van der Waals surface area contributed by atoms with Crippen LogP contribution in [0.2, 0.25) is 0 Å². The van der Waals surface area contributed by atoms with Gasteiger partial charge >= 0.3 is 5.97 Å². The van der Waals surface area contributed by atoms with Crippen molar-refractivity contribution in [3.05, 3.63) is 149 Å². The van der Waals surface area contributed by atoms with E-state index in [4.69, 9.17) is 0 Å². The summed E-state index contributed by atoms with van der Waals surface area (Å²) < 4.78 is 1.84. The topological polar surface area (TPSA) is 108 Å². The number of benzene rings is 5. The number of amides is 1. The van der Waals surface area contributed by atoms with Gasteiger partial charge in [-0.05, 0) is 76.7 Å². The molecule has 1 amide bonds. The molecule has 1 heterocycles. The van der Waals surface area contributed by atoms with Crippen LogP contribution >= 0.6 is 0 Å². The molecule has 0 saturated carbocycles. The highest BCUT2D eigenvalue weighted by atomic mass is 16.4. The van der Waals surface area contributed by atoms with E-state index in [1.54, 1.807) is 30.5 Å². The Morgan fingerprint density at radius 3 is 2.25 bits per heavy atom. The number of carbonyl (C=O) groups excluding carboxylic acids is 1. The third-order valence-electron chi connectivity index (χ3n) is 7.70. The van der Waals surface area contributed by atoms with Crippen LogP contribution in [0.25, 0.3) is 33.2 Å². The normalized spacial score (nSPS) is 11.5. The van der Waals surface area contributed by atoms with Gasteiger partial charge in [0.25, 0.3) is 5.91 Å². The summed E-state index contributed by atoms with van der Waals surface area (Å²) in [6, 6.07) is 37.9. The van der Waals surface area contributed by atoms with Crippen molar-refractivity contribution in [3.63, 3.8) is 0 Å². The number of aromatic nitrogens is 2. The maximum absolute atomic E-state index is 13.9. The molecule has 5 aromatic carbocycles. The average molecular weight is 577 g/mol. The van der Waals surface area contributed by atoms with E-state index in [2.05, 4.69) is 52.9 Å². The van der Waals surface area contributed by atoms with Crippen molar-refractivity contribution in [1.82, 2.24) is 15.1 Å². The highest BCUT2D eigenvalue weighted by Gasteiger charge is 2.20. The smallest absolute Gasteiger partial charge is 0.335 e. The van der Waals surface area contributed by atoms with Crippen LogP contribution in [0.15, 0.2) is 121 Å². The molecule has 0 unspecified atom stereocenters. The van der Waals surface area contributed by atoms with Gasteiger partial charge in [0.05, 0.1) is 47.1 Å². The van der Waals surface area contributed by atoms with Gasteiger partial charge in [-0.25, -0.2) is 4.79 Å². The van der Waals surface area contributed by atoms with Crippen LogP contribution in [0, 0.1) is 11.3 Å². The van der Waals surface area contributed by atoms with Crippen molar-refractivity contribution in [2.75, 3.05) is 0 Å². The number of nitriles is 1. The molecule has 0 aliphatic rings. The van der Waals surface area contributed by atoms with E-state index in [-0.39, 0.29) is 17.5 Å². The van der Waals surface area contributed by atoms with E-state index in [0.717, 1.165) is 38.8 Å². The molecule has 1 aromatic heterocycles. The maximum atomic E-state index is 13.9. The molecule has 7 nitrogen and oxygen atoms in total. The van der Waals surface area contributed by atoms with Crippen LogP contribution in [0.4, 0.5) is 0 Å². The van der Waals surface area contributed by atoms with Gasteiger partial charge in [-0.1, -0.05) is 78.9 Å². The van der Waals surface area contributed by atoms with Gasteiger partial charge < -0.3 is 10.4 Å². The average Bonchev–Trinajstić information content (AvgIpc) is 3.47. The van der Waals surface area contributed by atoms with Gasteiger partial charge in [-0.3, -0.25) is 9.48 Å². The first-order valence-corrected chi connectivity index (χ1v) is 14.2. The summed E-state index contributed by atoms with van der Waals surface area (Å²) in [5, 5.41) is 27.2. The highest BCUT2D eigenvalue weighted by molar-refractivity contribution is 6.07. The zero-order valence-corrected chi connectivity index (χ0v) is 23.9. The number of carbonyl (C=O) groups is 2. The van der Waals surface area contributed by atoms with Crippen LogP contribution in [-0.4, -0.2) is 26.8 Å². The second kappa shape index (κ2) is 12.1. The zero-order chi connectivity index (χ0) is 30.6. The predicted octanol–water partition coefficient (Wildman–Crippen LogP) is 7.48. The van der Waals surface area contributed by atoms with Crippen LogP contribution < -0.4 is 5.32 Å². The molecule has 0 fully saturated rings. The van der Waals surface area contributed by atoms with E-state index in [1.807, 2.05) is 54.1 Å².